The van der Waals surface area contributed by atoms with Crippen LogP contribution in [0.4, 0.5) is 10.1 Å². The Morgan fingerprint density at radius 1 is 1.07 bits per heavy atom. The van der Waals surface area contributed by atoms with Crippen LogP contribution < -0.4 is 5.32 Å². The van der Waals surface area contributed by atoms with Gasteiger partial charge in [-0.1, -0.05) is 18.2 Å². The van der Waals surface area contributed by atoms with Gasteiger partial charge in [0.2, 0.25) is 0 Å². The molecule has 0 spiro atoms. The van der Waals surface area contributed by atoms with E-state index in [4.69, 9.17) is 9.47 Å². The Bertz CT molecular complexity index is 881. The third-order valence-electron chi connectivity index (χ3n) is 5.19. The van der Waals surface area contributed by atoms with Gasteiger partial charge < -0.3 is 19.7 Å². The first kappa shape index (κ1) is 19.5. The molecule has 2 aromatic carbocycles. The maximum atomic E-state index is 13.2. The van der Waals surface area contributed by atoms with Crippen LogP contribution >= 0.6 is 0 Å². The summed E-state index contributed by atoms with van der Waals surface area (Å²) in [5.41, 5.74) is 1.90. The molecule has 0 radical (unpaired) electrons. The number of ether oxygens (including phenoxy) is 2. The largest absolute Gasteiger partial charge is 0.370 e. The first-order chi connectivity index (χ1) is 14.1. The Morgan fingerprint density at radius 3 is 2.66 bits per heavy atom. The summed E-state index contributed by atoms with van der Waals surface area (Å²) in [6.07, 6.45) is 0.868. The van der Waals surface area contributed by atoms with Gasteiger partial charge in [-0.15, -0.1) is 0 Å². The number of benzene rings is 2. The highest BCUT2D eigenvalue weighted by atomic mass is 19.1. The average Bonchev–Trinajstić information content (AvgIpc) is 3.29. The first-order valence-corrected chi connectivity index (χ1v) is 9.79. The van der Waals surface area contributed by atoms with Gasteiger partial charge in [-0.2, -0.15) is 0 Å². The van der Waals surface area contributed by atoms with Crippen molar-refractivity contribution in [2.45, 2.75) is 25.0 Å². The van der Waals surface area contributed by atoms with Gasteiger partial charge in [-0.3, -0.25) is 9.59 Å². The van der Waals surface area contributed by atoms with Gasteiger partial charge in [-0.05, 0) is 48.7 Å². The molecule has 2 aromatic rings. The molecule has 0 saturated carbocycles. The molecule has 2 atom stereocenters. The number of hydrogen-bond donors (Lipinski definition) is 1. The SMILES string of the molecule is O=C(Nc1cccc(C(=O)N2CCO[C@@H](c3ccc(F)cc3)C2)c1)[C@H]1CCCO1. The van der Waals surface area contributed by atoms with Gasteiger partial charge in [0.1, 0.15) is 18.0 Å². The topological polar surface area (TPSA) is 67.9 Å². The van der Waals surface area contributed by atoms with Crippen molar-refractivity contribution in [2.75, 3.05) is 31.6 Å². The highest BCUT2D eigenvalue weighted by Gasteiger charge is 2.27. The normalized spacial score (nSPS) is 21.8. The van der Waals surface area contributed by atoms with E-state index in [0.717, 1.165) is 12.0 Å². The van der Waals surface area contributed by atoms with E-state index < -0.39 is 6.10 Å². The lowest BCUT2D eigenvalue weighted by molar-refractivity contribution is -0.124. The second-order valence-electron chi connectivity index (χ2n) is 7.23. The van der Waals surface area contributed by atoms with E-state index in [0.29, 0.717) is 44.0 Å². The number of amides is 2. The van der Waals surface area contributed by atoms with E-state index in [1.54, 1.807) is 41.3 Å². The molecule has 0 aliphatic carbocycles. The molecule has 6 nitrogen and oxygen atoms in total. The maximum absolute atomic E-state index is 13.2. The second kappa shape index (κ2) is 8.71. The van der Waals surface area contributed by atoms with Crippen LogP contribution in [-0.2, 0) is 14.3 Å². The molecular weight excluding hydrogens is 375 g/mol. The molecule has 0 aromatic heterocycles. The lowest BCUT2D eigenvalue weighted by Crippen LogP contribution is -2.42. The Kier molecular flexibility index (Phi) is 5.87. The lowest BCUT2D eigenvalue weighted by atomic mass is 10.1. The number of morpholine rings is 1. The number of rotatable bonds is 4. The molecule has 0 unspecified atom stereocenters. The Hall–Kier alpha value is -2.77. The van der Waals surface area contributed by atoms with E-state index in [1.165, 1.54) is 12.1 Å². The lowest BCUT2D eigenvalue weighted by Gasteiger charge is -2.33. The minimum atomic E-state index is -0.426. The summed E-state index contributed by atoms with van der Waals surface area (Å²) >= 11 is 0. The second-order valence-corrected chi connectivity index (χ2v) is 7.23. The zero-order valence-corrected chi connectivity index (χ0v) is 16.0. The van der Waals surface area contributed by atoms with Crippen molar-refractivity contribution in [2.24, 2.45) is 0 Å². The number of anilines is 1. The molecule has 2 aliphatic rings. The van der Waals surface area contributed by atoms with Gasteiger partial charge in [0.15, 0.2) is 0 Å². The van der Waals surface area contributed by atoms with E-state index in [-0.39, 0.29) is 23.7 Å². The smallest absolute Gasteiger partial charge is 0.254 e. The fourth-order valence-electron chi connectivity index (χ4n) is 3.63. The van der Waals surface area contributed by atoms with E-state index >= 15 is 0 Å². The zero-order valence-electron chi connectivity index (χ0n) is 16.0. The van der Waals surface area contributed by atoms with Crippen molar-refractivity contribution in [3.8, 4) is 0 Å². The Balaban J connectivity index is 1.43. The number of halogens is 1. The third kappa shape index (κ3) is 4.63. The molecule has 152 valence electrons. The Labute approximate surface area is 168 Å². The van der Waals surface area contributed by atoms with E-state index in [1.807, 2.05) is 0 Å². The summed E-state index contributed by atoms with van der Waals surface area (Å²) in [4.78, 5) is 27.0. The summed E-state index contributed by atoms with van der Waals surface area (Å²) in [6.45, 7) is 1.87. The van der Waals surface area contributed by atoms with Crippen LogP contribution in [0.15, 0.2) is 48.5 Å². The van der Waals surface area contributed by atoms with Crippen molar-refractivity contribution < 1.29 is 23.5 Å². The minimum absolute atomic E-state index is 0.131. The Morgan fingerprint density at radius 2 is 1.90 bits per heavy atom. The minimum Gasteiger partial charge on any atom is -0.370 e. The van der Waals surface area contributed by atoms with Crippen molar-refractivity contribution in [1.82, 2.24) is 4.90 Å². The van der Waals surface area contributed by atoms with Gasteiger partial charge >= 0.3 is 0 Å². The standard InChI is InChI=1S/C22H23FN2O4/c23-17-8-6-15(7-9-17)20-14-25(10-12-29-20)22(27)16-3-1-4-18(13-16)24-21(26)19-5-2-11-28-19/h1,3-4,6-9,13,19-20H,2,5,10-12,14H2,(H,24,26)/t19-,20-/m1/s1. The van der Waals surface area contributed by atoms with Crippen LogP contribution in [0.5, 0.6) is 0 Å². The molecule has 4 rings (SSSR count). The molecule has 29 heavy (non-hydrogen) atoms. The van der Waals surface area contributed by atoms with Crippen LogP contribution in [0.25, 0.3) is 0 Å². The molecule has 2 saturated heterocycles. The number of nitrogens with zero attached hydrogens (tertiary/aromatic N) is 1. The van der Waals surface area contributed by atoms with Gasteiger partial charge in [0.25, 0.3) is 11.8 Å². The van der Waals surface area contributed by atoms with Crippen LogP contribution in [0, 0.1) is 5.82 Å². The number of carbonyl (C=O) groups excluding carboxylic acids is 2. The highest BCUT2D eigenvalue weighted by Crippen LogP contribution is 2.24. The molecule has 1 N–H and O–H groups in total. The number of carbonyl (C=O) groups is 2. The fraction of sp³-hybridized carbons (Fsp3) is 0.364. The monoisotopic (exact) mass is 398 g/mol. The maximum Gasteiger partial charge on any atom is 0.254 e. The summed E-state index contributed by atoms with van der Waals surface area (Å²) in [7, 11) is 0. The summed E-state index contributed by atoms with van der Waals surface area (Å²) in [5.74, 6) is -0.622. The van der Waals surface area contributed by atoms with Crippen molar-refractivity contribution in [3.05, 3.63) is 65.5 Å². The van der Waals surface area contributed by atoms with E-state index in [9.17, 15) is 14.0 Å². The summed E-state index contributed by atoms with van der Waals surface area (Å²) in [5, 5.41) is 2.83. The summed E-state index contributed by atoms with van der Waals surface area (Å²) < 4.78 is 24.3. The molecular formula is C22H23FN2O4. The van der Waals surface area contributed by atoms with Crippen LogP contribution in [0.3, 0.4) is 0 Å². The van der Waals surface area contributed by atoms with Gasteiger partial charge in [-0.25, -0.2) is 4.39 Å². The predicted octanol–water partition coefficient (Wildman–Crippen LogP) is 3.16. The number of hydrogen-bond acceptors (Lipinski definition) is 4. The molecule has 2 amide bonds. The quantitative estimate of drug-likeness (QED) is 0.859. The first-order valence-electron chi connectivity index (χ1n) is 9.79. The van der Waals surface area contributed by atoms with Crippen molar-refractivity contribution in [3.63, 3.8) is 0 Å². The van der Waals surface area contributed by atoms with Gasteiger partial charge in [0.05, 0.1) is 13.2 Å². The van der Waals surface area contributed by atoms with E-state index in [2.05, 4.69) is 5.32 Å². The molecule has 2 heterocycles. The zero-order chi connectivity index (χ0) is 20.2. The number of nitrogens with one attached hydrogen (secondary N) is 1. The van der Waals surface area contributed by atoms with Crippen LogP contribution in [-0.4, -0.2) is 49.1 Å². The molecule has 2 aliphatic heterocycles. The van der Waals surface area contributed by atoms with Crippen LogP contribution in [0.1, 0.15) is 34.9 Å². The van der Waals surface area contributed by atoms with Gasteiger partial charge in [0, 0.05) is 24.4 Å². The molecule has 0 bridgehead atoms. The fourth-order valence-corrected chi connectivity index (χ4v) is 3.63. The molecule has 7 heteroatoms. The van der Waals surface area contributed by atoms with Crippen molar-refractivity contribution in [1.29, 1.82) is 0 Å². The third-order valence-corrected chi connectivity index (χ3v) is 5.19. The van der Waals surface area contributed by atoms with Crippen molar-refractivity contribution >= 4 is 17.5 Å². The average molecular weight is 398 g/mol. The predicted molar refractivity (Wildman–Crippen MR) is 105 cm³/mol. The highest BCUT2D eigenvalue weighted by molar-refractivity contribution is 5.98. The summed E-state index contributed by atoms with van der Waals surface area (Å²) in [6, 6.07) is 13.0. The van der Waals surface area contributed by atoms with Crippen LogP contribution in [0.2, 0.25) is 0 Å². The molecule has 2 fully saturated rings.